The Morgan fingerprint density at radius 3 is 2.29 bits per heavy atom. The molecule has 0 aromatic heterocycles. The number of rotatable bonds is 11. The molecule has 2 amide bonds. The molecular weight excluding hydrogens is 368 g/mol. The van der Waals surface area contributed by atoms with Gasteiger partial charge in [-0.15, -0.1) is 0 Å². The molecule has 4 N–H and O–H groups in total. The number of aliphatic carboxylic acids is 1. The Kier molecular flexibility index (Phi) is 9.66. The molecule has 1 aromatic carbocycles. The van der Waals surface area contributed by atoms with Crippen molar-refractivity contribution in [2.24, 2.45) is 0 Å². The number of benzene rings is 1. The molecule has 9 nitrogen and oxygen atoms in total. The summed E-state index contributed by atoms with van der Waals surface area (Å²) in [5.74, 6) is -2.33. The molecule has 1 rings (SSSR count). The molecule has 0 aliphatic carbocycles. The first-order valence-corrected chi connectivity index (χ1v) is 8.94. The van der Waals surface area contributed by atoms with E-state index in [4.69, 9.17) is 4.74 Å². The van der Waals surface area contributed by atoms with Crippen molar-refractivity contribution in [3.05, 3.63) is 35.9 Å². The van der Waals surface area contributed by atoms with E-state index >= 15 is 0 Å². The number of carbonyl (C=O) groups is 4. The molecule has 28 heavy (non-hydrogen) atoms. The van der Waals surface area contributed by atoms with Crippen molar-refractivity contribution in [2.45, 2.75) is 57.9 Å². The highest BCUT2D eigenvalue weighted by Gasteiger charge is 2.30. The van der Waals surface area contributed by atoms with Gasteiger partial charge in [-0.2, -0.15) is 0 Å². The highest BCUT2D eigenvalue weighted by atomic mass is 16.5. The van der Waals surface area contributed by atoms with Crippen LogP contribution >= 0.6 is 0 Å². The number of carboxylic acid groups (broad SMARTS) is 1. The van der Waals surface area contributed by atoms with Gasteiger partial charge in [-0.25, -0.2) is 9.59 Å². The SMILES string of the molecule is CCC(=O)CC[C@@H](NC(=O)[C@@H](NC(=O)OCc1ccccc1)[C@@H](C)O)C(=O)O. The van der Waals surface area contributed by atoms with Gasteiger partial charge in [0.15, 0.2) is 0 Å². The number of amides is 2. The first-order chi connectivity index (χ1) is 13.2. The average molecular weight is 394 g/mol. The van der Waals surface area contributed by atoms with Crippen molar-refractivity contribution < 1.29 is 34.1 Å². The standard InChI is InChI=1S/C19H26N2O7/c1-3-14(23)9-10-15(18(25)26)20-17(24)16(12(2)22)21-19(27)28-11-13-7-5-4-6-8-13/h4-8,12,15-16,22H,3,9-11H2,1-2H3,(H,20,24)(H,21,27)(H,25,26)/t12-,15-,16+/m1/s1. The Hall–Kier alpha value is -2.94. The van der Waals surface area contributed by atoms with Gasteiger partial charge in [0, 0.05) is 12.8 Å². The van der Waals surface area contributed by atoms with Crippen LogP contribution in [0.1, 0.15) is 38.7 Å². The van der Waals surface area contributed by atoms with Gasteiger partial charge >= 0.3 is 12.1 Å². The quantitative estimate of drug-likeness (QED) is 0.438. The lowest BCUT2D eigenvalue weighted by atomic mass is 10.1. The van der Waals surface area contributed by atoms with Crippen LogP contribution in [0, 0.1) is 0 Å². The number of hydrogen-bond acceptors (Lipinski definition) is 6. The van der Waals surface area contributed by atoms with Gasteiger partial charge in [-0.1, -0.05) is 37.3 Å². The van der Waals surface area contributed by atoms with Crippen LogP contribution in [0.4, 0.5) is 4.79 Å². The number of ketones is 1. The Labute approximate surface area is 163 Å². The molecule has 154 valence electrons. The van der Waals surface area contributed by atoms with E-state index in [0.717, 1.165) is 5.56 Å². The van der Waals surface area contributed by atoms with Gasteiger partial charge in [-0.3, -0.25) is 9.59 Å². The predicted molar refractivity (Wildman–Crippen MR) is 99.3 cm³/mol. The number of carbonyl (C=O) groups excluding carboxylic acids is 3. The third kappa shape index (κ3) is 8.17. The molecule has 3 atom stereocenters. The largest absolute Gasteiger partial charge is 0.480 e. The van der Waals surface area contributed by atoms with Gasteiger partial charge in [0.2, 0.25) is 5.91 Å². The Morgan fingerprint density at radius 2 is 1.75 bits per heavy atom. The van der Waals surface area contributed by atoms with E-state index in [0.29, 0.717) is 0 Å². The molecule has 0 spiro atoms. The maximum absolute atomic E-state index is 12.3. The number of Topliss-reactive ketones (excluding diaryl/α,β-unsaturated/α-hetero) is 1. The van der Waals surface area contributed by atoms with Crippen molar-refractivity contribution in [1.29, 1.82) is 0 Å². The summed E-state index contributed by atoms with van der Waals surface area (Å²) in [6.07, 6.45) is -2.04. The Morgan fingerprint density at radius 1 is 1.11 bits per heavy atom. The average Bonchev–Trinajstić information content (AvgIpc) is 2.67. The first kappa shape index (κ1) is 23.1. The van der Waals surface area contributed by atoms with E-state index in [1.54, 1.807) is 31.2 Å². The van der Waals surface area contributed by atoms with Crippen LogP contribution < -0.4 is 10.6 Å². The molecule has 0 fully saturated rings. The molecule has 0 bridgehead atoms. The molecule has 0 saturated heterocycles. The van der Waals surface area contributed by atoms with E-state index in [9.17, 15) is 29.4 Å². The minimum absolute atomic E-state index is 0.000359. The molecule has 9 heteroatoms. The molecule has 0 aliphatic rings. The lowest BCUT2D eigenvalue weighted by Gasteiger charge is -2.23. The van der Waals surface area contributed by atoms with Crippen LogP contribution in [0.25, 0.3) is 0 Å². The van der Waals surface area contributed by atoms with Crippen molar-refractivity contribution >= 4 is 23.8 Å². The fourth-order valence-corrected chi connectivity index (χ4v) is 2.30. The van der Waals surface area contributed by atoms with E-state index in [1.807, 2.05) is 6.07 Å². The summed E-state index contributed by atoms with van der Waals surface area (Å²) in [7, 11) is 0. The van der Waals surface area contributed by atoms with Crippen LogP contribution in [0.5, 0.6) is 0 Å². The van der Waals surface area contributed by atoms with E-state index < -0.39 is 36.2 Å². The van der Waals surface area contributed by atoms with Crippen LogP contribution in [0.15, 0.2) is 30.3 Å². The molecule has 1 aromatic rings. The van der Waals surface area contributed by atoms with Crippen LogP contribution in [0.3, 0.4) is 0 Å². The molecular formula is C19H26N2O7. The third-order valence-electron chi connectivity index (χ3n) is 3.97. The summed E-state index contributed by atoms with van der Waals surface area (Å²) < 4.78 is 5.00. The van der Waals surface area contributed by atoms with Gasteiger partial charge in [0.25, 0.3) is 0 Å². The number of ether oxygens (including phenoxy) is 1. The second kappa shape index (κ2) is 11.7. The van der Waals surface area contributed by atoms with E-state index in [2.05, 4.69) is 10.6 Å². The number of aliphatic hydroxyl groups is 1. The monoisotopic (exact) mass is 394 g/mol. The van der Waals surface area contributed by atoms with Gasteiger partial charge in [-0.05, 0) is 18.9 Å². The minimum Gasteiger partial charge on any atom is -0.480 e. The molecule has 0 saturated carbocycles. The maximum Gasteiger partial charge on any atom is 0.408 e. The smallest absolute Gasteiger partial charge is 0.408 e. The maximum atomic E-state index is 12.3. The van der Waals surface area contributed by atoms with Gasteiger partial charge in [0.05, 0.1) is 6.10 Å². The zero-order valence-corrected chi connectivity index (χ0v) is 15.9. The zero-order valence-electron chi connectivity index (χ0n) is 15.9. The lowest BCUT2D eigenvalue weighted by molar-refractivity contribution is -0.142. The summed E-state index contributed by atoms with van der Waals surface area (Å²) in [6.45, 7) is 2.90. The number of alkyl carbamates (subject to hydrolysis) is 1. The van der Waals surface area contributed by atoms with E-state index in [-0.39, 0.29) is 31.7 Å². The summed E-state index contributed by atoms with van der Waals surface area (Å²) in [4.78, 5) is 46.9. The van der Waals surface area contributed by atoms with Gasteiger partial charge < -0.3 is 25.6 Å². The molecule has 0 heterocycles. The minimum atomic E-state index is -1.41. The normalized spacial score (nSPS) is 13.7. The van der Waals surface area contributed by atoms with Crippen molar-refractivity contribution in [2.75, 3.05) is 0 Å². The number of aliphatic hydroxyl groups excluding tert-OH is 1. The zero-order chi connectivity index (χ0) is 21.1. The van der Waals surface area contributed by atoms with Crippen LogP contribution in [-0.4, -0.2) is 52.2 Å². The topological polar surface area (TPSA) is 142 Å². The number of carboxylic acids is 1. The summed E-state index contributed by atoms with van der Waals surface area (Å²) in [6, 6.07) is 6.14. The number of hydrogen-bond donors (Lipinski definition) is 4. The molecule has 0 aliphatic heterocycles. The fourth-order valence-electron chi connectivity index (χ4n) is 2.30. The highest BCUT2D eigenvalue weighted by molar-refractivity contribution is 5.90. The summed E-state index contributed by atoms with van der Waals surface area (Å²) in [5.41, 5.74) is 0.738. The summed E-state index contributed by atoms with van der Waals surface area (Å²) >= 11 is 0. The Balaban J connectivity index is 2.64. The first-order valence-electron chi connectivity index (χ1n) is 8.94. The second-order valence-corrected chi connectivity index (χ2v) is 6.25. The lowest BCUT2D eigenvalue weighted by Crippen LogP contribution is -2.55. The highest BCUT2D eigenvalue weighted by Crippen LogP contribution is 2.04. The summed E-state index contributed by atoms with van der Waals surface area (Å²) in [5, 5.41) is 23.5. The Bertz CT molecular complexity index is 676. The van der Waals surface area contributed by atoms with Crippen LogP contribution in [0.2, 0.25) is 0 Å². The number of nitrogens with one attached hydrogen (secondary N) is 2. The van der Waals surface area contributed by atoms with E-state index in [1.165, 1.54) is 6.92 Å². The van der Waals surface area contributed by atoms with Gasteiger partial charge in [0.1, 0.15) is 24.5 Å². The predicted octanol–water partition coefficient (Wildman–Crippen LogP) is 0.991. The fraction of sp³-hybridized carbons (Fsp3) is 0.474. The van der Waals surface area contributed by atoms with Crippen LogP contribution in [-0.2, 0) is 25.7 Å². The van der Waals surface area contributed by atoms with Crippen molar-refractivity contribution in [3.8, 4) is 0 Å². The molecule has 0 radical (unpaired) electrons. The third-order valence-corrected chi connectivity index (χ3v) is 3.97. The molecule has 0 unspecified atom stereocenters. The second-order valence-electron chi connectivity index (χ2n) is 6.25. The van der Waals surface area contributed by atoms with Crippen molar-refractivity contribution in [1.82, 2.24) is 10.6 Å². The van der Waals surface area contributed by atoms with Crippen molar-refractivity contribution in [3.63, 3.8) is 0 Å².